The van der Waals surface area contributed by atoms with Crippen molar-refractivity contribution >= 4 is 34.8 Å². The van der Waals surface area contributed by atoms with Crippen LogP contribution in [0.25, 0.3) is 0 Å². The summed E-state index contributed by atoms with van der Waals surface area (Å²) in [6.07, 6.45) is 0. The molecule has 0 aromatic rings. The number of halogens is 1. The molecule has 7 nitrogen and oxygen atoms in total. The Balaban J connectivity index is 5.07. The van der Waals surface area contributed by atoms with Crippen molar-refractivity contribution < 1.29 is 33.4 Å². The Kier molecular flexibility index (Phi) is 5.60. The molecule has 8 heteroatoms. The second-order valence-electron chi connectivity index (χ2n) is 2.99. The van der Waals surface area contributed by atoms with Crippen molar-refractivity contribution in [1.82, 2.24) is 0 Å². The van der Waals surface area contributed by atoms with Crippen molar-refractivity contribution in [3.63, 3.8) is 0 Å². The number of esters is 3. The molecule has 0 spiro atoms. The highest BCUT2D eigenvalue weighted by Gasteiger charge is 2.46. The van der Waals surface area contributed by atoms with Crippen molar-refractivity contribution in [2.75, 3.05) is 6.61 Å². The van der Waals surface area contributed by atoms with Gasteiger partial charge in [-0.1, -0.05) is 0 Å². The first-order chi connectivity index (χ1) is 7.69. The molecule has 0 atom stereocenters. The number of carbonyl (C=O) groups excluding carboxylic acids is 4. The maximum atomic E-state index is 11.2. The van der Waals surface area contributed by atoms with Crippen LogP contribution in [-0.2, 0) is 33.4 Å². The third-order valence-electron chi connectivity index (χ3n) is 1.38. The fraction of sp³-hybridized carbons (Fsp3) is 0.556. The van der Waals surface area contributed by atoms with Gasteiger partial charge in [0.05, 0.1) is 0 Å². The molecule has 0 bridgehead atoms. The molecule has 0 aromatic heterocycles. The average Bonchev–Trinajstić information content (AvgIpc) is 2.11. The monoisotopic (exact) mass is 266 g/mol. The van der Waals surface area contributed by atoms with Crippen LogP contribution in [0.1, 0.15) is 20.8 Å². The predicted octanol–water partition coefficient (Wildman–Crippen LogP) is 0.137. The molecule has 0 saturated heterocycles. The molecule has 0 saturated carbocycles. The molecule has 0 aliphatic carbocycles. The molecule has 0 amide bonds. The van der Waals surface area contributed by atoms with E-state index in [0.29, 0.717) is 0 Å². The predicted molar refractivity (Wildman–Crippen MR) is 53.8 cm³/mol. The van der Waals surface area contributed by atoms with Crippen LogP contribution in [0.3, 0.4) is 0 Å². The first-order valence-corrected chi connectivity index (χ1v) is 4.80. The van der Waals surface area contributed by atoms with Crippen molar-refractivity contribution in [1.29, 1.82) is 0 Å². The minimum Gasteiger partial charge on any atom is -0.457 e. The smallest absolute Gasteiger partial charge is 0.366 e. The molecule has 0 aliphatic rings. The van der Waals surface area contributed by atoms with E-state index in [1.165, 1.54) is 0 Å². The fourth-order valence-corrected chi connectivity index (χ4v) is 1.01. The van der Waals surface area contributed by atoms with Crippen molar-refractivity contribution in [2.24, 2.45) is 0 Å². The molecule has 0 heterocycles. The Bertz CT molecular complexity index is 333. The zero-order valence-corrected chi connectivity index (χ0v) is 10.2. The number of rotatable bonds is 5. The SMILES string of the molecule is CC(=O)OCC(OC(C)=O)(OC(C)=O)C(=O)Cl. The summed E-state index contributed by atoms with van der Waals surface area (Å²) in [5.41, 5.74) is 0. The van der Waals surface area contributed by atoms with Gasteiger partial charge in [-0.05, 0) is 11.6 Å². The molecule has 0 aromatic carbocycles. The van der Waals surface area contributed by atoms with E-state index in [9.17, 15) is 19.2 Å². The van der Waals surface area contributed by atoms with E-state index in [0.717, 1.165) is 20.8 Å². The molecule has 0 fully saturated rings. The zero-order valence-electron chi connectivity index (χ0n) is 9.44. The largest absolute Gasteiger partial charge is 0.457 e. The van der Waals surface area contributed by atoms with Crippen molar-refractivity contribution in [3.05, 3.63) is 0 Å². The molecular formula is C9H11ClO7. The summed E-state index contributed by atoms with van der Waals surface area (Å²) in [6.45, 7) is 2.21. The van der Waals surface area contributed by atoms with Crippen LogP contribution in [0.4, 0.5) is 0 Å². The summed E-state index contributed by atoms with van der Waals surface area (Å²) in [4.78, 5) is 43.4. The normalized spacial score (nSPS) is 10.4. The van der Waals surface area contributed by atoms with Gasteiger partial charge in [0, 0.05) is 20.8 Å². The Morgan fingerprint density at radius 2 is 1.35 bits per heavy atom. The van der Waals surface area contributed by atoms with E-state index in [1.807, 2.05) is 0 Å². The van der Waals surface area contributed by atoms with Gasteiger partial charge in [0.1, 0.15) is 0 Å². The number of carbonyl (C=O) groups is 4. The quantitative estimate of drug-likeness (QED) is 0.397. The van der Waals surface area contributed by atoms with Crippen molar-refractivity contribution in [3.8, 4) is 0 Å². The molecule has 17 heavy (non-hydrogen) atoms. The third-order valence-corrected chi connectivity index (χ3v) is 1.67. The van der Waals surface area contributed by atoms with Crippen LogP contribution in [0.15, 0.2) is 0 Å². The summed E-state index contributed by atoms with van der Waals surface area (Å²) in [5.74, 6) is -5.04. The van der Waals surface area contributed by atoms with Gasteiger partial charge in [-0.15, -0.1) is 0 Å². The van der Waals surface area contributed by atoms with E-state index in [4.69, 9.17) is 11.6 Å². The number of hydrogen-bond donors (Lipinski definition) is 0. The van der Waals surface area contributed by atoms with Gasteiger partial charge >= 0.3 is 28.9 Å². The van der Waals surface area contributed by atoms with Crippen molar-refractivity contribution in [2.45, 2.75) is 26.6 Å². The first-order valence-electron chi connectivity index (χ1n) is 4.42. The topological polar surface area (TPSA) is 96.0 Å². The highest BCUT2D eigenvalue weighted by atomic mass is 35.5. The minimum atomic E-state index is -2.44. The van der Waals surface area contributed by atoms with E-state index in [-0.39, 0.29) is 0 Å². The lowest BCUT2D eigenvalue weighted by Crippen LogP contribution is -2.49. The summed E-state index contributed by atoms with van der Waals surface area (Å²) in [6, 6.07) is 0. The Morgan fingerprint density at radius 3 is 1.59 bits per heavy atom. The minimum absolute atomic E-state index is 0.758. The van der Waals surface area contributed by atoms with Crippen LogP contribution in [0, 0.1) is 0 Å². The number of hydrogen-bond acceptors (Lipinski definition) is 7. The van der Waals surface area contributed by atoms with Crippen LogP contribution >= 0.6 is 11.6 Å². The van der Waals surface area contributed by atoms with Crippen LogP contribution in [0.5, 0.6) is 0 Å². The Hall–Kier alpha value is -1.63. The summed E-state index contributed by atoms with van der Waals surface area (Å²) < 4.78 is 13.5. The summed E-state index contributed by atoms with van der Waals surface area (Å²) >= 11 is 5.19. The van der Waals surface area contributed by atoms with Crippen LogP contribution < -0.4 is 0 Å². The Labute approximate surface area is 102 Å². The maximum Gasteiger partial charge on any atom is 0.366 e. The van der Waals surface area contributed by atoms with Gasteiger partial charge in [-0.3, -0.25) is 19.2 Å². The van der Waals surface area contributed by atoms with E-state index in [1.54, 1.807) is 0 Å². The lowest BCUT2D eigenvalue weighted by atomic mass is 10.3. The van der Waals surface area contributed by atoms with Crippen LogP contribution in [-0.4, -0.2) is 35.5 Å². The standard InChI is InChI=1S/C9H11ClO7/c1-5(11)15-4-9(8(10)14,16-6(2)12)17-7(3)13/h4H2,1-3H3. The van der Waals surface area contributed by atoms with Gasteiger partial charge in [-0.2, -0.15) is 0 Å². The van der Waals surface area contributed by atoms with E-state index in [2.05, 4.69) is 14.2 Å². The molecular weight excluding hydrogens is 256 g/mol. The molecule has 0 N–H and O–H groups in total. The maximum absolute atomic E-state index is 11.2. The summed E-state index contributed by atoms with van der Waals surface area (Å²) in [5, 5.41) is -1.29. The third kappa shape index (κ3) is 5.30. The zero-order chi connectivity index (χ0) is 13.6. The van der Waals surface area contributed by atoms with Gasteiger partial charge in [0.15, 0.2) is 6.61 Å². The molecule has 0 aliphatic heterocycles. The van der Waals surface area contributed by atoms with Gasteiger partial charge in [-0.25, -0.2) is 0 Å². The Morgan fingerprint density at radius 1 is 0.941 bits per heavy atom. The second kappa shape index (κ2) is 6.19. The highest BCUT2D eigenvalue weighted by molar-refractivity contribution is 6.65. The molecule has 0 rings (SSSR count). The van der Waals surface area contributed by atoms with Gasteiger partial charge < -0.3 is 14.2 Å². The molecule has 96 valence electrons. The lowest BCUT2D eigenvalue weighted by molar-refractivity contribution is -0.232. The van der Waals surface area contributed by atoms with Crippen LogP contribution in [0.2, 0.25) is 0 Å². The van der Waals surface area contributed by atoms with Gasteiger partial charge in [0.2, 0.25) is 0 Å². The molecule has 0 radical (unpaired) electrons. The van der Waals surface area contributed by atoms with E-state index >= 15 is 0 Å². The first kappa shape index (κ1) is 15.4. The second-order valence-corrected chi connectivity index (χ2v) is 3.34. The lowest BCUT2D eigenvalue weighted by Gasteiger charge is -2.27. The fourth-order valence-electron chi connectivity index (χ4n) is 0.878. The summed E-state index contributed by atoms with van der Waals surface area (Å²) in [7, 11) is 0. The van der Waals surface area contributed by atoms with Gasteiger partial charge in [0.25, 0.3) is 0 Å². The average molecular weight is 267 g/mol. The highest BCUT2D eigenvalue weighted by Crippen LogP contribution is 2.19. The molecule has 0 unspecified atom stereocenters. The number of ether oxygens (including phenoxy) is 3. The van der Waals surface area contributed by atoms with E-state index < -0.39 is 35.5 Å².